The zero-order chi connectivity index (χ0) is 14.7. The summed E-state index contributed by atoms with van der Waals surface area (Å²) in [5.41, 5.74) is 3.76. The second-order valence-electron chi connectivity index (χ2n) is 5.89. The lowest BCUT2D eigenvalue weighted by molar-refractivity contribution is 0.0689. The molecule has 21 heavy (non-hydrogen) atoms. The second-order valence-corrected chi connectivity index (χ2v) is 5.89. The zero-order valence-corrected chi connectivity index (χ0v) is 12.5. The normalized spacial score (nSPS) is 21.1. The Kier molecular flexibility index (Phi) is 4.01. The Labute approximate surface area is 126 Å². The van der Waals surface area contributed by atoms with E-state index in [4.69, 9.17) is 11.2 Å². The van der Waals surface area contributed by atoms with Gasteiger partial charge in [-0.25, -0.2) is 0 Å². The summed E-state index contributed by atoms with van der Waals surface area (Å²) in [5.74, 6) is 2.65. The summed E-state index contributed by atoms with van der Waals surface area (Å²) in [5, 5.41) is 4.95. The average Bonchev–Trinajstić information content (AvgIpc) is 2.88. The monoisotopic (exact) mass is 282 g/mol. The maximum absolute atomic E-state index is 5.85. The van der Waals surface area contributed by atoms with Crippen molar-refractivity contribution in [1.29, 1.82) is 0 Å². The third-order valence-electron chi connectivity index (χ3n) is 4.26. The Morgan fingerprint density at radius 2 is 2.24 bits per heavy atom. The first-order valence-electron chi connectivity index (χ1n) is 7.61. The van der Waals surface area contributed by atoms with Crippen molar-refractivity contribution >= 4 is 10.9 Å². The largest absolute Gasteiger partial charge is 0.379 e. The van der Waals surface area contributed by atoms with Gasteiger partial charge in [0.05, 0.1) is 12.1 Å². The fourth-order valence-corrected chi connectivity index (χ4v) is 3.16. The number of aromatic nitrogens is 1. The standard InChI is InChI=1S/C18H22N2O/c1-3-4-7-12-21-13-18(2)17-15(10-11-19-18)14-8-5-6-9-16(14)20-17/h1,5-6,8-9,19-20H,4,7,10-13H2,2H3. The highest BCUT2D eigenvalue weighted by Crippen LogP contribution is 2.33. The number of hydrogen-bond donors (Lipinski definition) is 2. The van der Waals surface area contributed by atoms with Gasteiger partial charge in [0.25, 0.3) is 0 Å². The van der Waals surface area contributed by atoms with Crippen molar-refractivity contribution in [2.75, 3.05) is 19.8 Å². The number of aromatic amines is 1. The van der Waals surface area contributed by atoms with Crippen LogP contribution in [0.3, 0.4) is 0 Å². The van der Waals surface area contributed by atoms with Crippen LogP contribution in [-0.2, 0) is 16.7 Å². The molecule has 1 atom stereocenters. The summed E-state index contributed by atoms with van der Waals surface area (Å²) < 4.78 is 5.85. The van der Waals surface area contributed by atoms with Gasteiger partial charge in [0.1, 0.15) is 0 Å². The number of unbranched alkanes of at least 4 members (excludes halogenated alkanes) is 1. The van der Waals surface area contributed by atoms with Crippen molar-refractivity contribution in [3.05, 3.63) is 35.5 Å². The average molecular weight is 282 g/mol. The molecule has 0 amide bonds. The van der Waals surface area contributed by atoms with Crippen molar-refractivity contribution in [3.8, 4) is 12.3 Å². The van der Waals surface area contributed by atoms with Crippen LogP contribution in [0.1, 0.15) is 31.0 Å². The summed E-state index contributed by atoms with van der Waals surface area (Å²) >= 11 is 0. The summed E-state index contributed by atoms with van der Waals surface area (Å²) in [6.07, 6.45) is 8.03. The lowest BCUT2D eigenvalue weighted by Crippen LogP contribution is -2.48. The summed E-state index contributed by atoms with van der Waals surface area (Å²) in [6.45, 7) is 4.58. The van der Waals surface area contributed by atoms with Gasteiger partial charge < -0.3 is 15.0 Å². The van der Waals surface area contributed by atoms with E-state index in [0.29, 0.717) is 6.61 Å². The van der Waals surface area contributed by atoms with Crippen LogP contribution in [-0.4, -0.2) is 24.7 Å². The van der Waals surface area contributed by atoms with Gasteiger partial charge in [-0.1, -0.05) is 18.2 Å². The van der Waals surface area contributed by atoms with Gasteiger partial charge in [0.2, 0.25) is 0 Å². The molecule has 0 saturated carbocycles. The molecule has 1 aliphatic heterocycles. The molecule has 2 aromatic rings. The fourth-order valence-electron chi connectivity index (χ4n) is 3.16. The van der Waals surface area contributed by atoms with Crippen molar-refractivity contribution in [2.45, 2.75) is 31.7 Å². The molecule has 3 heteroatoms. The van der Waals surface area contributed by atoms with Crippen LogP contribution in [0.15, 0.2) is 24.3 Å². The summed E-state index contributed by atoms with van der Waals surface area (Å²) in [7, 11) is 0. The van der Waals surface area contributed by atoms with Crippen molar-refractivity contribution in [1.82, 2.24) is 10.3 Å². The number of rotatable bonds is 5. The molecule has 1 aliphatic rings. The smallest absolute Gasteiger partial charge is 0.0797 e. The highest BCUT2D eigenvalue weighted by molar-refractivity contribution is 5.85. The summed E-state index contributed by atoms with van der Waals surface area (Å²) in [6, 6.07) is 8.52. The molecule has 2 N–H and O–H groups in total. The molecular formula is C18H22N2O. The van der Waals surface area contributed by atoms with Gasteiger partial charge in [0.15, 0.2) is 0 Å². The number of fused-ring (bicyclic) bond motifs is 3. The predicted molar refractivity (Wildman–Crippen MR) is 86.2 cm³/mol. The molecule has 0 spiro atoms. The van der Waals surface area contributed by atoms with Gasteiger partial charge in [-0.2, -0.15) is 0 Å². The van der Waals surface area contributed by atoms with Gasteiger partial charge in [-0.05, 0) is 31.4 Å². The number of nitrogens with one attached hydrogen (secondary N) is 2. The van der Waals surface area contributed by atoms with Crippen molar-refractivity contribution in [2.24, 2.45) is 0 Å². The van der Waals surface area contributed by atoms with E-state index in [1.54, 1.807) is 0 Å². The molecule has 1 aromatic heterocycles. The number of hydrogen-bond acceptors (Lipinski definition) is 2. The first kappa shape index (κ1) is 14.2. The number of terminal acetylenes is 1. The lowest BCUT2D eigenvalue weighted by Gasteiger charge is -2.35. The van der Waals surface area contributed by atoms with E-state index in [0.717, 1.165) is 32.4 Å². The molecule has 0 bridgehead atoms. The number of benzene rings is 1. The van der Waals surface area contributed by atoms with Gasteiger partial charge in [-0.15, -0.1) is 12.3 Å². The third-order valence-corrected chi connectivity index (χ3v) is 4.26. The van der Waals surface area contributed by atoms with Gasteiger partial charge in [0, 0.05) is 36.2 Å². The number of para-hydroxylation sites is 1. The van der Waals surface area contributed by atoms with Crippen LogP contribution in [0, 0.1) is 12.3 Å². The fraction of sp³-hybridized carbons (Fsp3) is 0.444. The molecule has 0 radical (unpaired) electrons. The Morgan fingerprint density at radius 3 is 3.10 bits per heavy atom. The van der Waals surface area contributed by atoms with Crippen LogP contribution in [0.5, 0.6) is 0 Å². The van der Waals surface area contributed by atoms with Crippen LogP contribution in [0.2, 0.25) is 0 Å². The van der Waals surface area contributed by atoms with Gasteiger partial charge >= 0.3 is 0 Å². The second kappa shape index (κ2) is 5.93. The molecule has 1 aromatic carbocycles. The predicted octanol–water partition coefficient (Wildman–Crippen LogP) is 2.96. The molecular weight excluding hydrogens is 260 g/mol. The topological polar surface area (TPSA) is 37.0 Å². The highest BCUT2D eigenvalue weighted by Gasteiger charge is 2.34. The van der Waals surface area contributed by atoms with E-state index < -0.39 is 0 Å². The SMILES string of the molecule is C#CCCCOCC1(C)NCCc2c1[nH]c1ccccc21. The summed E-state index contributed by atoms with van der Waals surface area (Å²) in [4.78, 5) is 3.58. The quantitative estimate of drug-likeness (QED) is 0.653. The number of H-pyrrole nitrogens is 1. The van der Waals surface area contributed by atoms with Gasteiger partial charge in [-0.3, -0.25) is 0 Å². The van der Waals surface area contributed by atoms with E-state index in [1.807, 2.05) is 0 Å². The van der Waals surface area contributed by atoms with E-state index in [9.17, 15) is 0 Å². The highest BCUT2D eigenvalue weighted by atomic mass is 16.5. The van der Waals surface area contributed by atoms with E-state index in [2.05, 4.69) is 47.4 Å². The molecule has 3 rings (SSSR count). The maximum Gasteiger partial charge on any atom is 0.0797 e. The first-order chi connectivity index (χ1) is 10.2. The Morgan fingerprint density at radius 1 is 1.38 bits per heavy atom. The molecule has 0 aliphatic carbocycles. The van der Waals surface area contributed by atoms with E-state index in [-0.39, 0.29) is 5.54 Å². The molecule has 0 saturated heterocycles. The molecule has 1 unspecified atom stereocenters. The zero-order valence-electron chi connectivity index (χ0n) is 12.5. The van der Waals surface area contributed by atoms with E-state index >= 15 is 0 Å². The first-order valence-corrected chi connectivity index (χ1v) is 7.61. The Bertz CT molecular complexity index is 667. The van der Waals surface area contributed by atoms with Crippen molar-refractivity contribution < 1.29 is 4.74 Å². The minimum atomic E-state index is -0.150. The molecule has 2 heterocycles. The van der Waals surface area contributed by atoms with E-state index in [1.165, 1.54) is 22.2 Å². The van der Waals surface area contributed by atoms with Crippen LogP contribution in [0.4, 0.5) is 0 Å². The lowest BCUT2D eigenvalue weighted by atomic mass is 9.89. The van der Waals surface area contributed by atoms with Crippen LogP contribution in [0.25, 0.3) is 10.9 Å². The minimum Gasteiger partial charge on any atom is -0.379 e. The van der Waals surface area contributed by atoms with Crippen LogP contribution < -0.4 is 5.32 Å². The maximum atomic E-state index is 5.85. The molecule has 110 valence electrons. The third kappa shape index (κ3) is 2.70. The number of ether oxygens (including phenoxy) is 1. The Hall–Kier alpha value is -1.76. The van der Waals surface area contributed by atoms with Crippen molar-refractivity contribution in [3.63, 3.8) is 0 Å². The Balaban J connectivity index is 1.81. The molecule has 3 nitrogen and oxygen atoms in total. The molecule has 0 fully saturated rings. The minimum absolute atomic E-state index is 0.150. The van der Waals surface area contributed by atoms with Crippen LogP contribution >= 0.6 is 0 Å².